The number of carboxylic acids is 1. The fourth-order valence-corrected chi connectivity index (χ4v) is 2.23. The predicted octanol–water partition coefficient (Wildman–Crippen LogP) is 1.45. The quantitative estimate of drug-likeness (QED) is 0.768. The second kappa shape index (κ2) is 5.73. The van der Waals surface area contributed by atoms with Gasteiger partial charge < -0.3 is 15.7 Å². The van der Waals surface area contributed by atoms with Crippen molar-refractivity contribution < 1.29 is 14.7 Å². The third-order valence-electron chi connectivity index (χ3n) is 3.33. The predicted molar refractivity (Wildman–Crippen MR) is 70.9 cm³/mol. The Labute approximate surface area is 112 Å². The summed E-state index contributed by atoms with van der Waals surface area (Å²) in [6, 6.07) is 4.88. The van der Waals surface area contributed by atoms with Gasteiger partial charge in [-0.1, -0.05) is 18.2 Å². The van der Waals surface area contributed by atoms with Crippen LogP contribution in [0.4, 0.5) is 4.79 Å². The van der Waals surface area contributed by atoms with Crippen molar-refractivity contribution in [3.63, 3.8) is 0 Å². The molecule has 19 heavy (non-hydrogen) atoms. The first-order chi connectivity index (χ1) is 9.06. The Balaban J connectivity index is 1.85. The fourth-order valence-electron chi connectivity index (χ4n) is 2.23. The number of nitrogens with one attached hydrogen (secondary N) is 2. The molecule has 1 aliphatic rings. The van der Waals surface area contributed by atoms with E-state index in [-0.39, 0.29) is 0 Å². The second-order valence-electron chi connectivity index (χ2n) is 4.84. The first-order valence-electron chi connectivity index (χ1n) is 6.44. The van der Waals surface area contributed by atoms with Crippen LogP contribution in [0.1, 0.15) is 30.0 Å². The third-order valence-corrected chi connectivity index (χ3v) is 3.33. The molecule has 5 heteroatoms. The minimum atomic E-state index is -1.05. The number of carbonyl (C=O) groups excluding carboxylic acids is 1. The molecule has 0 heterocycles. The Morgan fingerprint density at radius 2 is 2.05 bits per heavy atom. The molecule has 0 radical (unpaired) electrons. The van der Waals surface area contributed by atoms with Crippen LogP contribution >= 0.6 is 0 Å². The Bertz CT molecular complexity index is 499. The maximum atomic E-state index is 11.5. The van der Waals surface area contributed by atoms with Gasteiger partial charge in [0.15, 0.2) is 0 Å². The minimum Gasteiger partial charge on any atom is -0.480 e. The topological polar surface area (TPSA) is 78.4 Å². The van der Waals surface area contributed by atoms with Crippen molar-refractivity contribution in [2.75, 3.05) is 0 Å². The summed E-state index contributed by atoms with van der Waals surface area (Å²) in [5, 5.41) is 13.7. The molecule has 3 N–H and O–H groups in total. The Kier molecular flexibility index (Phi) is 4.04. The van der Waals surface area contributed by atoms with Crippen molar-refractivity contribution in [3.05, 3.63) is 34.9 Å². The van der Waals surface area contributed by atoms with E-state index in [1.54, 1.807) is 0 Å². The molecular weight excluding hydrogens is 244 g/mol. The maximum Gasteiger partial charge on any atom is 0.325 e. The number of aryl methyl sites for hydroxylation is 2. The third kappa shape index (κ3) is 3.47. The summed E-state index contributed by atoms with van der Waals surface area (Å²) >= 11 is 0. The van der Waals surface area contributed by atoms with Gasteiger partial charge in [0.25, 0.3) is 0 Å². The molecular formula is C14H18N2O3. The molecule has 0 saturated carbocycles. The van der Waals surface area contributed by atoms with E-state index in [1.807, 2.05) is 6.07 Å². The SMILES string of the molecule is CC(NC(=O)NCc1ccc2c(c1)CCC2)C(=O)O. The molecule has 0 fully saturated rings. The van der Waals surface area contributed by atoms with Crippen LogP contribution in [0.3, 0.4) is 0 Å². The average Bonchev–Trinajstić information content (AvgIpc) is 2.83. The number of carboxylic acid groups (broad SMARTS) is 1. The van der Waals surface area contributed by atoms with Gasteiger partial charge in [0.05, 0.1) is 0 Å². The lowest BCUT2D eigenvalue weighted by atomic mass is 10.1. The van der Waals surface area contributed by atoms with Crippen LogP contribution in [0.5, 0.6) is 0 Å². The number of fused-ring (bicyclic) bond motifs is 1. The van der Waals surface area contributed by atoms with Crippen LogP contribution in [0.2, 0.25) is 0 Å². The number of carbonyl (C=O) groups is 2. The lowest BCUT2D eigenvalue weighted by molar-refractivity contribution is -0.138. The van der Waals surface area contributed by atoms with Crippen LogP contribution in [-0.4, -0.2) is 23.1 Å². The first kappa shape index (κ1) is 13.4. The summed E-state index contributed by atoms with van der Waals surface area (Å²) < 4.78 is 0. The molecule has 5 nitrogen and oxygen atoms in total. The maximum absolute atomic E-state index is 11.5. The van der Waals surface area contributed by atoms with Gasteiger partial charge in [0, 0.05) is 6.54 Å². The molecule has 0 aliphatic heterocycles. The van der Waals surface area contributed by atoms with Crippen molar-refractivity contribution in [1.82, 2.24) is 10.6 Å². The van der Waals surface area contributed by atoms with Gasteiger partial charge in [-0.15, -0.1) is 0 Å². The van der Waals surface area contributed by atoms with Gasteiger partial charge in [0.1, 0.15) is 6.04 Å². The molecule has 0 spiro atoms. The van der Waals surface area contributed by atoms with E-state index < -0.39 is 18.0 Å². The summed E-state index contributed by atoms with van der Waals surface area (Å²) in [4.78, 5) is 22.1. The highest BCUT2D eigenvalue weighted by atomic mass is 16.4. The van der Waals surface area contributed by atoms with E-state index in [0.29, 0.717) is 6.54 Å². The molecule has 1 aliphatic carbocycles. The number of hydrogen-bond donors (Lipinski definition) is 3. The summed E-state index contributed by atoms with van der Waals surface area (Å²) in [5.41, 5.74) is 3.80. The Hall–Kier alpha value is -2.04. The van der Waals surface area contributed by atoms with E-state index in [0.717, 1.165) is 18.4 Å². The van der Waals surface area contributed by atoms with Gasteiger partial charge in [-0.25, -0.2) is 4.79 Å². The van der Waals surface area contributed by atoms with Gasteiger partial charge in [-0.3, -0.25) is 4.79 Å². The summed E-state index contributed by atoms with van der Waals surface area (Å²) in [6.07, 6.45) is 3.44. The minimum absolute atomic E-state index is 0.408. The fraction of sp³-hybridized carbons (Fsp3) is 0.429. The van der Waals surface area contributed by atoms with Gasteiger partial charge in [-0.05, 0) is 42.9 Å². The molecule has 1 aromatic rings. The number of aliphatic carboxylic acids is 1. The Morgan fingerprint density at radius 3 is 2.79 bits per heavy atom. The van der Waals surface area contributed by atoms with E-state index in [9.17, 15) is 9.59 Å². The van der Waals surface area contributed by atoms with Crippen molar-refractivity contribution in [2.24, 2.45) is 0 Å². The highest BCUT2D eigenvalue weighted by Gasteiger charge is 2.14. The van der Waals surface area contributed by atoms with Crippen molar-refractivity contribution in [3.8, 4) is 0 Å². The largest absolute Gasteiger partial charge is 0.480 e. The highest BCUT2D eigenvalue weighted by molar-refractivity contribution is 5.82. The highest BCUT2D eigenvalue weighted by Crippen LogP contribution is 2.22. The molecule has 0 aromatic heterocycles. The lowest BCUT2D eigenvalue weighted by Crippen LogP contribution is -2.44. The zero-order chi connectivity index (χ0) is 13.8. The van der Waals surface area contributed by atoms with Gasteiger partial charge >= 0.3 is 12.0 Å². The van der Waals surface area contributed by atoms with Crippen LogP contribution in [0.25, 0.3) is 0 Å². The average molecular weight is 262 g/mol. The molecule has 0 saturated heterocycles. The van der Waals surface area contributed by atoms with Crippen LogP contribution in [0, 0.1) is 0 Å². The zero-order valence-corrected chi connectivity index (χ0v) is 10.9. The standard InChI is InChI=1S/C14H18N2O3/c1-9(13(17)18)16-14(19)15-8-10-5-6-11-3-2-4-12(11)7-10/h5-7,9H,2-4,8H2,1H3,(H,17,18)(H2,15,16,19). The van der Waals surface area contributed by atoms with E-state index in [2.05, 4.69) is 22.8 Å². The number of amides is 2. The molecule has 2 amide bonds. The van der Waals surface area contributed by atoms with E-state index in [1.165, 1.54) is 24.5 Å². The van der Waals surface area contributed by atoms with Gasteiger partial charge in [0.2, 0.25) is 0 Å². The lowest BCUT2D eigenvalue weighted by Gasteiger charge is -2.11. The van der Waals surface area contributed by atoms with Crippen LogP contribution in [0.15, 0.2) is 18.2 Å². The van der Waals surface area contributed by atoms with E-state index in [4.69, 9.17) is 5.11 Å². The number of hydrogen-bond acceptors (Lipinski definition) is 2. The molecule has 0 bridgehead atoms. The molecule has 2 rings (SSSR count). The van der Waals surface area contributed by atoms with E-state index >= 15 is 0 Å². The van der Waals surface area contributed by atoms with Crippen LogP contribution < -0.4 is 10.6 Å². The molecule has 1 unspecified atom stereocenters. The zero-order valence-electron chi connectivity index (χ0n) is 10.9. The van der Waals surface area contributed by atoms with Crippen molar-refractivity contribution in [1.29, 1.82) is 0 Å². The second-order valence-corrected chi connectivity index (χ2v) is 4.84. The van der Waals surface area contributed by atoms with Crippen LogP contribution in [-0.2, 0) is 24.2 Å². The number of benzene rings is 1. The molecule has 1 aromatic carbocycles. The summed E-state index contributed by atoms with van der Waals surface area (Å²) in [7, 11) is 0. The smallest absolute Gasteiger partial charge is 0.325 e. The number of urea groups is 1. The first-order valence-corrected chi connectivity index (χ1v) is 6.44. The molecule has 102 valence electrons. The summed E-state index contributed by atoms with van der Waals surface area (Å²) in [5.74, 6) is -1.05. The molecule has 1 atom stereocenters. The summed E-state index contributed by atoms with van der Waals surface area (Å²) in [6.45, 7) is 1.84. The van der Waals surface area contributed by atoms with Crippen molar-refractivity contribution >= 4 is 12.0 Å². The number of rotatable bonds is 4. The normalized spacial score (nSPS) is 14.6. The van der Waals surface area contributed by atoms with Crippen molar-refractivity contribution in [2.45, 2.75) is 38.8 Å². The Morgan fingerprint density at radius 1 is 1.32 bits per heavy atom. The van der Waals surface area contributed by atoms with Gasteiger partial charge in [-0.2, -0.15) is 0 Å². The monoisotopic (exact) mass is 262 g/mol.